The van der Waals surface area contributed by atoms with E-state index in [0.29, 0.717) is 17.1 Å². The highest BCUT2D eigenvalue weighted by Gasteiger charge is 2.36. The van der Waals surface area contributed by atoms with E-state index in [9.17, 15) is 9.59 Å². The zero-order chi connectivity index (χ0) is 19.7. The number of carbonyl (C=O) groups excluding carboxylic acids is 1. The summed E-state index contributed by atoms with van der Waals surface area (Å²) in [5, 5.41) is 13.0. The van der Waals surface area contributed by atoms with Crippen LogP contribution in [0, 0.1) is 0 Å². The van der Waals surface area contributed by atoms with Gasteiger partial charge in [-0.15, -0.1) is 0 Å². The lowest BCUT2D eigenvalue weighted by molar-refractivity contribution is 0.0695. The SMILES string of the molecule is O=C(O)c1ccc(NC2c3ccccc3C(=O)N2Cc2ccccc2Cl)cc1. The van der Waals surface area contributed by atoms with E-state index in [1.54, 1.807) is 23.1 Å². The van der Waals surface area contributed by atoms with E-state index in [1.807, 2.05) is 42.5 Å². The number of halogens is 1. The summed E-state index contributed by atoms with van der Waals surface area (Å²) in [5.74, 6) is -1.05. The predicted molar refractivity (Wildman–Crippen MR) is 108 cm³/mol. The lowest BCUT2D eigenvalue weighted by Gasteiger charge is -2.27. The van der Waals surface area contributed by atoms with Crippen molar-refractivity contribution < 1.29 is 14.7 Å². The second-order valence-electron chi connectivity index (χ2n) is 6.54. The van der Waals surface area contributed by atoms with Crippen LogP contribution in [0.1, 0.15) is 38.0 Å². The van der Waals surface area contributed by atoms with Crippen molar-refractivity contribution in [2.45, 2.75) is 12.7 Å². The first-order valence-corrected chi connectivity index (χ1v) is 9.15. The summed E-state index contributed by atoms with van der Waals surface area (Å²) in [6.45, 7) is 0.359. The Morgan fingerprint density at radius 3 is 2.39 bits per heavy atom. The van der Waals surface area contributed by atoms with E-state index in [4.69, 9.17) is 16.7 Å². The van der Waals surface area contributed by atoms with Gasteiger partial charge in [0.1, 0.15) is 6.17 Å². The molecule has 1 aliphatic rings. The van der Waals surface area contributed by atoms with Crippen LogP contribution >= 0.6 is 11.6 Å². The van der Waals surface area contributed by atoms with E-state index in [2.05, 4.69) is 5.32 Å². The second kappa shape index (κ2) is 7.37. The molecule has 4 rings (SSSR count). The van der Waals surface area contributed by atoms with Gasteiger partial charge in [0, 0.05) is 28.4 Å². The third kappa shape index (κ3) is 3.32. The Hall–Kier alpha value is -3.31. The van der Waals surface area contributed by atoms with Gasteiger partial charge in [-0.2, -0.15) is 0 Å². The van der Waals surface area contributed by atoms with Gasteiger partial charge in [-0.1, -0.05) is 48.0 Å². The Morgan fingerprint density at radius 2 is 1.68 bits per heavy atom. The number of carbonyl (C=O) groups is 2. The van der Waals surface area contributed by atoms with Crippen LogP contribution in [0.5, 0.6) is 0 Å². The molecule has 0 bridgehead atoms. The molecule has 6 heteroatoms. The topological polar surface area (TPSA) is 69.6 Å². The van der Waals surface area contributed by atoms with Crippen LogP contribution < -0.4 is 5.32 Å². The second-order valence-corrected chi connectivity index (χ2v) is 6.95. The van der Waals surface area contributed by atoms with Crippen molar-refractivity contribution in [1.29, 1.82) is 0 Å². The Morgan fingerprint density at radius 1 is 1.00 bits per heavy atom. The van der Waals surface area contributed by atoms with E-state index >= 15 is 0 Å². The van der Waals surface area contributed by atoms with Gasteiger partial charge in [0.15, 0.2) is 0 Å². The normalized spacial score (nSPS) is 15.4. The maximum absolute atomic E-state index is 13.0. The number of benzene rings is 3. The average Bonchev–Trinajstić information content (AvgIpc) is 2.96. The van der Waals surface area contributed by atoms with E-state index < -0.39 is 5.97 Å². The molecule has 0 fully saturated rings. The monoisotopic (exact) mass is 392 g/mol. The standard InChI is InChI=1S/C22H17ClN2O3/c23-19-8-4-1-5-15(19)13-25-20(17-6-2-3-7-18(17)21(25)26)24-16-11-9-14(10-12-16)22(27)28/h1-12,20,24H,13H2,(H,27,28). The minimum Gasteiger partial charge on any atom is -0.478 e. The van der Waals surface area contributed by atoms with Crippen molar-refractivity contribution in [3.63, 3.8) is 0 Å². The molecular formula is C22H17ClN2O3. The highest BCUT2D eigenvalue weighted by molar-refractivity contribution is 6.31. The molecule has 3 aromatic carbocycles. The van der Waals surface area contributed by atoms with E-state index in [-0.39, 0.29) is 17.6 Å². The number of nitrogens with one attached hydrogen (secondary N) is 1. The number of nitrogens with zero attached hydrogens (tertiary/aromatic N) is 1. The van der Waals surface area contributed by atoms with Crippen LogP contribution in [0.4, 0.5) is 5.69 Å². The molecule has 3 aromatic rings. The number of hydrogen-bond donors (Lipinski definition) is 2. The van der Waals surface area contributed by atoms with Crippen LogP contribution in [0.2, 0.25) is 5.02 Å². The number of hydrogen-bond acceptors (Lipinski definition) is 3. The number of anilines is 1. The largest absolute Gasteiger partial charge is 0.478 e. The molecule has 140 valence electrons. The molecule has 1 heterocycles. The van der Waals surface area contributed by atoms with Crippen LogP contribution in [0.3, 0.4) is 0 Å². The van der Waals surface area contributed by atoms with Crippen LogP contribution in [0.25, 0.3) is 0 Å². The highest BCUT2D eigenvalue weighted by atomic mass is 35.5. The summed E-state index contributed by atoms with van der Waals surface area (Å²) < 4.78 is 0. The van der Waals surface area contributed by atoms with Gasteiger partial charge in [-0.3, -0.25) is 4.79 Å². The number of aromatic carboxylic acids is 1. The Kier molecular flexibility index (Phi) is 4.75. The smallest absolute Gasteiger partial charge is 0.335 e. The lowest BCUT2D eigenvalue weighted by atomic mass is 10.1. The molecule has 1 amide bonds. The molecule has 28 heavy (non-hydrogen) atoms. The predicted octanol–water partition coefficient (Wildman–Crippen LogP) is 4.80. The maximum atomic E-state index is 13.0. The molecule has 0 spiro atoms. The fraction of sp³-hybridized carbons (Fsp3) is 0.0909. The molecule has 5 nitrogen and oxygen atoms in total. The Bertz CT molecular complexity index is 1050. The van der Waals surface area contributed by atoms with Crippen molar-refractivity contribution in [2.75, 3.05) is 5.32 Å². The molecule has 0 radical (unpaired) electrons. The summed E-state index contributed by atoms with van der Waals surface area (Å²) in [7, 11) is 0. The minimum absolute atomic E-state index is 0.0739. The van der Waals surface area contributed by atoms with E-state index in [0.717, 1.165) is 16.8 Å². The lowest BCUT2D eigenvalue weighted by Crippen LogP contribution is -2.32. The number of carboxylic acids is 1. The van der Waals surface area contributed by atoms with Gasteiger partial charge < -0.3 is 15.3 Å². The van der Waals surface area contributed by atoms with E-state index in [1.165, 1.54) is 12.1 Å². The maximum Gasteiger partial charge on any atom is 0.335 e. The quantitative estimate of drug-likeness (QED) is 0.654. The van der Waals surface area contributed by atoms with Crippen molar-refractivity contribution in [2.24, 2.45) is 0 Å². The van der Waals surface area contributed by atoms with Gasteiger partial charge in [0.2, 0.25) is 0 Å². The summed E-state index contributed by atoms with van der Waals surface area (Å²) >= 11 is 6.30. The summed E-state index contributed by atoms with van der Waals surface area (Å²) in [5.41, 5.74) is 3.32. The average molecular weight is 393 g/mol. The van der Waals surface area contributed by atoms with Crippen molar-refractivity contribution >= 4 is 29.2 Å². The van der Waals surface area contributed by atoms with Crippen molar-refractivity contribution in [1.82, 2.24) is 4.90 Å². The zero-order valence-corrected chi connectivity index (χ0v) is 15.6. The van der Waals surface area contributed by atoms with Gasteiger partial charge in [-0.05, 0) is 42.0 Å². The molecule has 2 N–H and O–H groups in total. The van der Waals surface area contributed by atoms with Crippen molar-refractivity contribution in [3.8, 4) is 0 Å². The fourth-order valence-electron chi connectivity index (χ4n) is 3.37. The molecule has 0 saturated heterocycles. The number of amides is 1. The first-order valence-electron chi connectivity index (χ1n) is 8.78. The fourth-order valence-corrected chi connectivity index (χ4v) is 3.56. The van der Waals surface area contributed by atoms with Gasteiger partial charge in [0.05, 0.1) is 5.56 Å². The summed E-state index contributed by atoms with van der Waals surface area (Å²) in [6, 6.07) is 21.4. The first kappa shape index (κ1) is 18.1. The number of rotatable bonds is 5. The van der Waals surface area contributed by atoms with Crippen LogP contribution in [0.15, 0.2) is 72.8 Å². The third-order valence-electron chi connectivity index (χ3n) is 4.79. The van der Waals surface area contributed by atoms with Crippen LogP contribution in [-0.4, -0.2) is 21.9 Å². The summed E-state index contributed by atoms with van der Waals surface area (Å²) in [4.78, 5) is 25.8. The Labute approximate surface area is 167 Å². The van der Waals surface area contributed by atoms with Gasteiger partial charge in [-0.25, -0.2) is 4.79 Å². The minimum atomic E-state index is -0.978. The molecule has 1 atom stereocenters. The molecular weight excluding hydrogens is 376 g/mol. The first-order chi connectivity index (χ1) is 13.5. The molecule has 0 aliphatic carbocycles. The molecule has 0 saturated carbocycles. The molecule has 1 aliphatic heterocycles. The van der Waals surface area contributed by atoms with Gasteiger partial charge in [0.25, 0.3) is 5.91 Å². The highest BCUT2D eigenvalue weighted by Crippen LogP contribution is 2.36. The number of carboxylic acid groups (broad SMARTS) is 1. The van der Waals surface area contributed by atoms with Crippen molar-refractivity contribution in [3.05, 3.63) is 100 Å². The number of fused-ring (bicyclic) bond motifs is 1. The Balaban J connectivity index is 1.67. The third-order valence-corrected chi connectivity index (χ3v) is 5.16. The zero-order valence-electron chi connectivity index (χ0n) is 14.8. The van der Waals surface area contributed by atoms with Gasteiger partial charge >= 0.3 is 5.97 Å². The molecule has 0 aromatic heterocycles. The van der Waals surface area contributed by atoms with Crippen LogP contribution in [-0.2, 0) is 6.54 Å². The molecule has 1 unspecified atom stereocenters. The summed E-state index contributed by atoms with van der Waals surface area (Å²) in [6.07, 6.45) is -0.379.